The molecule has 3 heteroatoms. The van der Waals surface area contributed by atoms with Crippen molar-refractivity contribution in [1.29, 1.82) is 0 Å². The van der Waals surface area contributed by atoms with E-state index in [1.807, 2.05) is 19.3 Å². The highest BCUT2D eigenvalue weighted by molar-refractivity contribution is 5.12. The second-order valence-electron chi connectivity index (χ2n) is 4.27. The van der Waals surface area contributed by atoms with Crippen LogP contribution < -0.4 is 0 Å². The van der Waals surface area contributed by atoms with Gasteiger partial charge in [0.05, 0.1) is 0 Å². The molecular formula is C12H19N3. The minimum Gasteiger partial charge on any atom is -0.304 e. The SMILES string of the molecule is CCN1CCC(c2cnc(C)nc2)CC1. The Hall–Kier alpha value is -0.960. The molecule has 0 aromatic carbocycles. The first kappa shape index (κ1) is 10.6. The zero-order valence-electron chi connectivity index (χ0n) is 9.61. The van der Waals surface area contributed by atoms with Crippen LogP contribution in [0.15, 0.2) is 12.4 Å². The molecule has 1 saturated heterocycles. The lowest BCUT2D eigenvalue weighted by molar-refractivity contribution is 0.222. The number of nitrogens with zero attached hydrogens (tertiary/aromatic N) is 3. The molecule has 0 atom stereocenters. The van der Waals surface area contributed by atoms with Gasteiger partial charge in [-0.25, -0.2) is 9.97 Å². The van der Waals surface area contributed by atoms with Crippen LogP contribution in [0.5, 0.6) is 0 Å². The first-order valence-corrected chi connectivity index (χ1v) is 5.80. The molecule has 2 rings (SSSR count). The normalized spacial score (nSPS) is 19.3. The van der Waals surface area contributed by atoms with Gasteiger partial charge < -0.3 is 4.90 Å². The second-order valence-corrected chi connectivity index (χ2v) is 4.27. The maximum absolute atomic E-state index is 4.27. The van der Waals surface area contributed by atoms with Crippen molar-refractivity contribution in [3.05, 3.63) is 23.8 Å². The monoisotopic (exact) mass is 205 g/mol. The lowest BCUT2D eigenvalue weighted by atomic mass is 9.91. The maximum atomic E-state index is 4.27. The fourth-order valence-electron chi connectivity index (χ4n) is 2.20. The number of likely N-dealkylation sites (tertiary alicyclic amines) is 1. The average Bonchev–Trinajstić information content (AvgIpc) is 2.30. The van der Waals surface area contributed by atoms with Gasteiger partial charge in [-0.2, -0.15) is 0 Å². The number of piperidine rings is 1. The molecule has 1 aromatic rings. The molecular weight excluding hydrogens is 186 g/mol. The lowest BCUT2D eigenvalue weighted by Gasteiger charge is -2.30. The molecule has 0 N–H and O–H groups in total. The molecule has 3 nitrogen and oxygen atoms in total. The summed E-state index contributed by atoms with van der Waals surface area (Å²) in [5, 5.41) is 0. The number of hydrogen-bond acceptors (Lipinski definition) is 3. The Morgan fingerprint density at radius 3 is 2.40 bits per heavy atom. The van der Waals surface area contributed by atoms with Gasteiger partial charge in [0, 0.05) is 12.4 Å². The Balaban J connectivity index is 1.98. The van der Waals surface area contributed by atoms with Gasteiger partial charge in [-0.15, -0.1) is 0 Å². The van der Waals surface area contributed by atoms with Crippen LogP contribution in [0.25, 0.3) is 0 Å². The fraction of sp³-hybridized carbons (Fsp3) is 0.667. The van der Waals surface area contributed by atoms with Gasteiger partial charge in [0.2, 0.25) is 0 Å². The van der Waals surface area contributed by atoms with Gasteiger partial charge in [-0.05, 0) is 50.9 Å². The number of rotatable bonds is 2. The smallest absolute Gasteiger partial charge is 0.125 e. The summed E-state index contributed by atoms with van der Waals surface area (Å²) >= 11 is 0. The lowest BCUT2D eigenvalue weighted by Crippen LogP contribution is -2.32. The Morgan fingerprint density at radius 1 is 1.27 bits per heavy atom. The van der Waals surface area contributed by atoms with E-state index in [0.717, 1.165) is 5.82 Å². The summed E-state index contributed by atoms with van der Waals surface area (Å²) in [6.07, 6.45) is 6.49. The Morgan fingerprint density at radius 2 is 1.87 bits per heavy atom. The molecule has 0 spiro atoms. The number of aromatic nitrogens is 2. The van der Waals surface area contributed by atoms with Crippen molar-refractivity contribution in [3.63, 3.8) is 0 Å². The van der Waals surface area contributed by atoms with E-state index in [-0.39, 0.29) is 0 Å². The first-order valence-electron chi connectivity index (χ1n) is 5.80. The predicted octanol–water partition coefficient (Wildman–Crippen LogP) is 1.98. The van der Waals surface area contributed by atoms with E-state index in [1.54, 1.807) is 0 Å². The number of aryl methyl sites for hydroxylation is 1. The van der Waals surface area contributed by atoms with Gasteiger partial charge in [-0.1, -0.05) is 6.92 Å². The Kier molecular flexibility index (Phi) is 3.31. The quantitative estimate of drug-likeness (QED) is 0.739. The minimum atomic E-state index is 0.674. The summed E-state index contributed by atoms with van der Waals surface area (Å²) in [6.45, 7) is 7.78. The molecule has 2 heterocycles. The second kappa shape index (κ2) is 4.71. The zero-order valence-corrected chi connectivity index (χ0v) is 9.61. The van der Waals surface area contributed by atoms with Crippen molar-refractivity contribution in [3.8, 4) is 0 Å². The van der Waals surface area contributed by atoms with Crippen LogP contribution in [0.1, 0.15) is 37.1 Å². The zero-order chi connectivity index (χ0) is 10.7. The highest BCUT2D eigenvalue weighted by Gasteiger charge is 2.19. The molecule has 1 aromatic heterocycles. The van der Waals surface area contributed by atoms with E-state index in [0.29, 0.717) is 5.92 Å². The average molecular weight is 205 g/mol. The van der Waals surface area contributed by atoms with Crippen LogP contribution in [-0.2, 0) is 0 Å². The van der Waals surface area contributed by atoms with Crippen molar-refractivity contribution in [2.75, 3.05) is 19.6 Å². The third-order valence-electron chi connectivity index (χ3n) is 3.31. The van der Waals surface area contributed by atoms with E-state index in [2.05, 4.69) is 21.8 Å². The van der Waals surface area contributed by atoms with E-state index < -0.39 is 0 Å². The summed E-state index contributed by atoms with van der Waals surface area (Å²) in [7, 11) is 0. The molecule has 0 bridgehead atoms. The van der Waals surface area contributed by atoms with Gasteiger partial charge in [0.25, 0.3) is 0 Å². The molecule has 0 aliphatic carbocycles. The van der Waals surface area contributed by atoms with E-state index in [4.69, 9.17) is 0 Å². The predicted molar refractivity (Wildman–Crippen MR) is 60.9 cm³/mol. The van der Waals surface area contributed by atoms with E-state index in [1.165, 1.54) is 38.0 Å². The molecule has 0 saturated carbocycles. The molecule has 1 aliphatic heterocycles. The van der Waals surface area contributed by atoms with E-state index in [9.17, 15) is 0 Å². The van der Waals surface area contributed by atoms with Crippen LogP contribution in [0.2, 0.25) is 0 Å². The number of hydrogen-bond donors (Lipinski definition) is 0. The van der Waals surface area contributed by atoms with Crippen molar-refractivity contribution in [1.82, 2.24) is 14.9 Å². The van der Waals surface area contributed by atoms with Crippen LogP contribution >= 0.6 is 0 Å². The molecule has 82 valence electrons. The summed E-state index contributed by atoms with van der Waals surface area (Å²) in [5.74, 6) is 1.54. The first-order chi connectivity index (χ1) is 7.29. The minimum absolute atomic E-state index is 0.674. The molecule has 0 amide bonds. The van der Waals surface area contributed by atoms with E-state index >= 15 is 0 Å². The van der Waals surface area contributed by atoms with Gasteiger partial charge in [0.1, 0.15) is 5.82 Å². The summed E-state index contributed by atoms with van der Waals surface area (Å²) in [5.41, 5.74) is 1.32. The summed E-state index contributed by atoms with van der Waals surface area (Å²) in [6, 6.07) is 0. The Bertz CT molecular complexity index is 299. The van der Waals surface area contributed by atoms with Gasteiger partial charge in [-0.3, -0.25) is 0 Å². The molecule has 0 unspecified atom stereocenters. The van der Waals surface area contributed by atoms with Crippen LogP contribution in [0, 0.1) is 6.92 Å². The summed E-state index contributed by atoms with van der Waals surface area (Å²) < 4.78 is 0. The molecule has 15 heavy (non-hydrogen) atoms. The highest BCUT2D eigenvalue weighted by atomic mass is 15.1. The van der Waals surface area contributed by atoms with Crippen molar-refractivity contribution < 1.29 is 0 Å². The van der Waals surface area contributed by atoms with Crippen LogP contribution in [0.4, 0.5) is 0 Å². The topological polar surface area (TPSA) is 29.0 Å². The molecule has 0 radical (unpaired) electrons. The Labute approximate surface area is 91.5 Å². The molecule has 1 aliphatic rings. The van der Waals surface area contributed by atoms with Crippen LogP contribution in [0.3, 0.4) is 0 Å². The third-order valence-corrected chi connectivity index (χ3v) is 3.31. The van der Waals surface area contributed by atoms with Crippen molar-refractivity contribution >= 4 is 0 Å². The molecule has 1 fully saturated rings. The maximum Gasteiger partial charge on any atom is 0.125 e. The standard InChI is InChI=1S/C12H19N3/c1-3-15-6-4-11(5-7-15)12-8-13-10(2)14-9-12/h8-9,11H,3-7H2,1-2H3. The summed E-state index contributed by atoms with van der Waals surface area (Å²) in [4.78, 5) is 11.0. The van der Waals surface area contributed by atoms with Gasteiger partial charge >= 0.3 is 0 Å². The third kappa shape index (κ3) is 2.53. The van der Waals surface area contributed by atoms with Gasteiger partial charge in [0.15, 0.2) is 0 Å². The largest absolute Gasteiger partial charge is 0.304 e. The fourth-order valence-corrected chi connectivity index (χ4v) is 2.20. The van der Waals surface area contributed by atoms with Crippen molar-refractivity contribution in [2.45, 2.75) is 32.6 Å². The highest BCUT2D eigenvalue weighted by Crippen LogP contribution is 2.26. The van der Waals surface area contributed by atoms with Crippen LogP contribution in [-0.4, -0.2) is 34.5 Å². The van der Waals surface area contributed by atoms with Crippen molar-refractivity contribution in [2.24, 2.45) is 0 Å².